The van der Waals surface area contributed by atoms with E-state index in [0.29, 0.717) is 11.3 Å². The molecule has 0 heterocycles. The fourth-order valence-corrected chi connectivity index (χ4v) is 3.82. The highest BCUT2D eigenvalue weighted by atomic mass is 32.2. The molecule has 0 aliphatic heterocycles. The molecule has 0 saturated carbocycles. The van der Waals surface area contributed by atoms with Crippen LogP contribution in [0.4, 0.5) is 5.69 Å². The van der Waals surface area contributed by atoms with Crippen molar-refractivity contribution in [2.45, 2.75) is 31.2 Å². The van der Waals surface area contributed by atoms with Crippen molar-refractivity contribution in [3.05, 3.63) is 72.8 Å². The van der Waals surface area contributed by atoms with Crippen molar-refractivity contribution < 1.29 is 13.2 Å². The molecule has 1 atom stereocenters. The van der Waals surface area contributed by atoms with Crippen molar-refractivity contribution in [1.82, 2.24) is 5.32 Å². The van der Waals surface area contributed by atoms with Gasteiger partial charge in [0.1, 0.15) is 0 Å². The van der Waals surface area contributed by atoms with Crippen LogP contribution in [0.3, 0.4) is 0 Å². The number of benzene rings is 2. The molecule has 0 spiro atoms. The fourth-order valence-electron chi connectivity index (χ4n) is 2.37. The lowest BCUT2D eigenvalue weighted by Crippen LogP contribution is -2.32. The van der Waals surface area contributed by atoms with Gasteiger partial charge in [-0.3, -0.25) is 9.10 Å². The monoisotopic (exact) mass is 372 g/mol. The Morgan fingerprint density at radius 2 is 1.77 bits per heavy atom. The first-order chi connectivity index (χ1) is 12.4. The summed E-state index contributed by atoms with van der Waals surface area (Å²) in [7, 11) is -3.71. The Morgan fingerprint density at radius 3 is 2.31 bits per heavy atom. The maximum atomic E-state index is 12.9. The molecule has 1 N–H and O–H groups in total. The molecule has 2 aromatic carbocycles. The highest BCUT2D eigenvalue weighted by Gasteiger charge is 2.24. The van der Waals surface area contributed by atoms with Gasteiger partial charge in [-0.05, 0) is 49.7 Å². The molecule has 5 nitrogen and oxygen atoms in total. The summed E-state index contributed by atoms with van der Waals surface area (Å²) in [5.74, 6) is -0.174. The number of nitrogens with one attached hydrogen (secondary N) is 1. The molecule has 2 rings (SSSR count). The van der Waals surface area contributed by atoms with Gasteiger partial charge < -0.3 is 5.32 Å². The number of sulfonamides is 1. The molecule has 6 heteroatoms. The Labute approximate surface area is 155 Å². The van der Waals surface area contributed by atoms with Crippen LogP contribution in [0.1, 0.15) is 30.6 Å². The summed E-state index contributed by atoms with van der Waals surface area (Å²) in [5.41, 5.74) is 0.971. The van der Waals surface area contributed by atoms with Crippen LogP contribution in [-0.2, 0) is 10.0 Å². The maximum Gasteiger partial charge on any atom is 0.264 e. The zero-order valence-electron chi connectivity index (χ0n) is 15.1. The largest absolute Gasteiger partial charge is 0.350 e. The zero-order chi connectivity index (χ0) is 19.2. The van der Waals surface area contributed by atoms with Gasteiger partial charge in [0.2, 0.25) is 0 Å². The van der Waals surface area contributed by atoms with Crippen LogP contribution in [0.15, 0.2) is 72.1 Å². The number of carbonyl (C=O) groups excluding carboxylic acids is 1. The Morgan fingerprint density at radius 1 is 1.15 bits per heavy atom. The summed E-state index contributed by atoms with van der Waals surface area (Å²) in [6.45, 7) is 7.72. The molecule has 0 bridgehead atoms. The minimum absolute atomic E-state index is 0.0814. The Bertz CT molecular complexity index is 846. The normalized spacial score (nSPS) is 12.2. The maximum absolute atomic E-state index is 12.9. The van der Waals surface area contributed by atoms with Crippen molar-refractivity contribution >= 4 is 21.6 Å². The predicted molar refractivity (Wildman–Crippen MR) is 105 cm³/mol. The van der Waals surface area contributed by atoms with Crippen LogP contribution < -0.4 is 9.62 Å². The van der Waals surface area contributed by atoms with E-state index in [-0.39, 0.29) is 23.4 Å². The van der Waals surface area contributed by atoms with Crippen LogP contribution in [0.25, 0.3) is 0 Å². The molecule has 138 valence electrons. The molecule has 1 amide bonds. The quantitative estimate of drug-likeness (QED) is 0.720. The van der Waals surface area contributed by atoms with Crippen molar-refractivity contribution in [2.24, 2.45) is 0 Å². The third kappa shape index (κ3) is 4.52. The zero-order valence-corrected chi connectivity index (χ0v) is 15.9. The van der Waals surface area contributed by atoms with Gasteiger partial charge in [-0.15, -0.1) is 6.58 Å². The SMILES string of the molecule is C=CCN(c1ccc(C(=O)N[C@H](C)CC)cc1)S(=O)(=O)c1ccccc1. The van der Waals surface area contributed by atoms with Gasteiger partial charge in [-0.2, -0.15) is 0 Å². The second-order valence-electron chi connectivity index (χ2n) is 5.97. The van der Waals surface area contributed by atoms with E-state index in [1.54, 1.807) is 54.6 Å². The standard InChI is InChI=1S/C20H24N2O3S/c1-4-15-22(26(24,25)19-9-7-6-8-10-19)18-13-11-17(12-14-18)20(23)21-16(3)5-2/h4,6-14,16H,1,5,15H2,2-3H3,(H,21,23)/t16-/m1/s1. The first-order valence-corrected chi connectivity index (χ1v) is 9.93. The van der Waals surface area contributed by atoms with Gasteiger partial charge in [0.25, 0.3) is 15.9 Å². The summed E-state index contributed by atoms with van der Waals surface area (Å²) in [6.07, 6.45) is 2.37. The number of amides is 1. The highest BCUT2D eigenvalue weighted by Crippen LogP contribution is 2.24. The summed E-state index contributed by atoms with van der Waals surface area (Å²) < 4.78 is 27.1. The van der Waals surface area contributed by atoms with E-state index in [9.17, 15) is 13.2 Å². The smallest absolute Gasteiger partial charge is 0.264 e. The first kappa shape index (κ1) is 19.7. The highest BCUT2D eigenvalue weighted by molar-refractivity contribution is 7.92. The number of hydrogen-bond acceptors (Lipinski definition) is 3. The second kappa shape index (κ2) is 8.67. The molecule has 0 fully saturated rings. The average molecular weight is 372 g/mol. The topological polar surface area (TPSA) is 66.5 Å². The number of rotatable bonds is 8. The van der Waals surface area contributed by atoms with Crippen molar-refractivity contribution in [3.8, 4) is 0 Å². The number of carbonyl (C=O) groups is 1. The van der Waals surface area contributed by atoms with Crippen LogP contribution in [0.5, 0.6) is 0 Å². The second-order valence-corrected chi connectivity index (χ2v) is 7.83. The Balaban J connectivity index is 2.31. The fraction of sp³-hybridized carbons (Fsp3) is 0.250. The Kier molecular flexibility index (Phi) is 6.58. The molecule has 0 unspecified atom stereocenters. The van der Waals surface area contributed by atoms with Gasteiger partial charge in [-0.1, -0.05) is 31.2 Å². The molecule has 0 radical (unpaired) electrons. The summed E-state index contributed by atoms with van der Waals surface area (Å²) >= 11 is 0. The molecular weight excluding hydrogens is 348 g/mol. The lowest BCUT2D eigenvalue weighted by Gasteiger charge is -2.23. The van der Waals surface area contributed by atoms with E-state index in [2.05, 4.69) is 11.9 Å². The van der Waals surface area contributed by atoms with Crippen molar-refractivity contribution in [2.75, 3.05) is 10.8 Å². The minimum atomic E-state index is -3.71. The molecule has 0 aliphatic carbocycles. The van der Waals surface area contributed by atoms with E-state index in [1.807, 2.05) is 13.8 Å². The number of hydrogen-bond donors (Lipinski definition) is 1. The third-order valence-electron chi connectivity index (χ3n) is 4.03. The van der Waals surface area contributed by atoms with Gasteiger partial charge >= 0.3 is 0 Å². The van der Waals surface area contributed by atoms with Gasteiger partial charge in [0.15, 0.2) is 0 Å². The van der Waals surface area contributed by atoms with E-state index in [0.717, 1.165) is 6.42 Å². The molecule has 26 heavy (non-hydrogen) atoms. The molecule has 0 aromatic heterocycles. The predicted octanol–water partition coefficient (Wildman–Crippen LogP) is 3.60. The summed E-state index contributed by atoms with van der Waals surface area (Å²) in [5, 5.41) is 2.89. The van der Waals surface area contributed by atoms with Crippen LogP contribution >= 0.6 is 0 Å². The molecule has 2 aromatic rings. The summed E-state index contributed by atoms with van der Waals surface area (Å²) in [6, 6.07) is 14.8. The lowest BCUT2D eigenvalue weighted by atomic mass is 10.1. The lowest BCUT2D eigenvalue weighted by molar-refractivity contribution is 0.0939. The molecule has 0 saturated heterocycles. The third-order valence-corrected chi connectivity index (χ3v) is 5.84. The van der Waals surface area contributed by atoms with Crippen molar-refractivity contribution in [3.63, 3.8) is 0 Å². The Hall–Kier alpha value is -2.60. The van der Waals surface area contributed by atoms with E-state index in [4.69, 9.17) is 0 Å². The van der Waals surface area contributed by atoms with E-state index >= 15 is 0 Å². The molecular formula is C20H24N2O3S. The first-order valence-electron chi connectivity index (χ1n) is 8.49. The summed E-state index contributed by atoms with van der Waals surface area (Å²) in [4.78, 5) is 12.4. The van der Waals surface area contributed by atoms with E-state index in [1.165, 1.54) is 10.4 Å². The van der Waals surface area contributed by atoms with Gasteiger partial charge in [-0.25, -0.2) is 8.42 Å². The number of anilines is 1. The average Bonchev–Trinajstić information content (AvgIpc) is 2.66. The van der Waals surface area contributed by atoms with Crippen LogP contribution in [0, 0.1) is 0 Å². The molecule has 0 aliphatic rings. The van der Waals surface area contributed by atoms with Crippen LogP contribution in [0.2, 0.25) is 0 Å². The minimum Gasteiger partial charge on any atom is -0.350 e. The number of nitrogens with zero attached hydrogens (tertiary/aromatic N) is 1. The van der Waals surface area contributed by atoms with Gasteiger partial charge in [0, 0.05) is 11.6 Å². The van der Waals surface area contributed by atoms with Gasteiger partial charge in [0.05, 0.1) is 17.1 Å². The van der Waals surface area contributed by atoms with E-state index < -0.39 is 10.0 Å². The van der Waals surface area contributed by atoms with Crippen molar-refractivity contribution in [1.29, 1.82) is 0 Å². The van der Waals surface area contributed by atoms with Crippen LogP contribution in [-0.4, -0.2) is 26.9 Å².